The van der Waals surface area contributed by atoms with E-state index in [1.807, 2.05) is 57.2 Å². The van der Waals surface area contributed by atoms with Gasteiger partial charge in [0.1, 0.15) is 18.2 Å². The lowest BCUT2D eigenvalue weighted by Gasteiger charge is -2.59. The zero-order valence-corrected chi connectivity index (χ0v) is 20.5. The molecule has 3 N–H and O–H groups in total. The van der Waals surface area contributed by atoms with Gasteiger partial charge in [-0.05, 0) is 36.1 Å². The lowest BCUT2D eigenvalue weighted by Crippen LogP contribution is -2.78. The minimum Gasteiger partial charge on any atom is -0.480 e. The zero-order chi connectivity index (χ0) is 25.4. The minimum absolute atomic E-state index is 0.110. The lowest BCUT2D eigenvalue weighted by atomic mass is 9.53. The van der Waals surface area contributed by atoms with Crippen molar-refractivity contribution in [1.82, 2.24) is 10.6 Å². The van der Waals surface area contributed by atoms with E-state index in [-0.39, 0.29) is 25.0 Å². The van der Waals surface area contributed by atoms with Gasteiger partial charge in [-0.15, -0.1) is 0 Å². The maximum atomic E-state index is 13.3. The zero-order valence-electron chi connectivity index (χ0n) is 20.5. The van der Waals surface area contributed by atoms with E-state index in [2.05, 4.69) is 22.8 Å². The van der Waals surface area contributed by atoms with Crippen LogP contribution in [0.2, 0.25) is 0 Å². The summed E-state index contributed by atoms with van der Waals surface area (Å²) in [5.41, 5.74) is 2.27. The predicted octanol–water partition coefficient (Wildman–Crippen LogP) is 3.69. The Morgan fingerprint density at radius 1 is 1.06 bits per heavy atom. The molecule has 2 aliphatic rings. The summed E-state index contributed by atoms with van der Waals surface area (Å²) in [4.78, 5) is 37.6. The Labute approximate surface area is 205 Å². The van der Waals surface area contributed by atoms with Crippen molar-refractivity contribution in [1.29, 1.82) is 0 Å². The minimum atomic E-state index is -1.36. The van der Waals surface area contributed by atoms with Gasteiger partial charge in [0.25, 0.3) is 0 Å². The highest BCUT2D eigenvalue weighted by atomic mass is 16.5. The molecule has 0 spiro atoms. The predicted molar refractivity (Wildman–Crippen MR) is 130 cm³/mol. The molecule has 2 amide bonds. The number of hydrogen-bond donors (Lipinski definition) is 3. The molecule has 1 saturated carbocycles. The van der Waals surface area contributed by atoms with Gasteiger partial charge in [-0.1, -0.05) is 62.4 Å². The monoisotopic (exact) mass is 480 g/mol. The fraction of sp³-hybridized carbons (Fsp3) is 0.444. The lowest BCUT2D eigenvalue weighted by molar-refractivity contribution is -0.178. The Morgan fingerprint density at radius 2 is 1.63 bits per heavy atom. The summed E-state index contributed by atoms with van der Waals surface area (Å²) >= 11 is 0. The first-order valence-corrected chi connectivity index (χ1v) is 11.9. The van der Waals surface area contributed by atoms with Gasteiger partial charge in [-0.25, -0.2) is 4.79 Å². The van der Waals surface area contributed by atoms with E-state index in [0.717, 1.165) is 22.3 Å². The van der Waals surface area contributed by atoms with E-state index < -0.39 is 35.0 Å². The topological polar surface area (TPSA) is 114 Å². The molecule has 8 heteroatoms. The Kier molecular flexibility index (Phi) is 6.60. The third-order valence-electron chi connectivity index (χ3n) is 7.53. The Bertz CT molecular complexity index is 1100. The van der Waals surface area contributed by atoms with E-state index >= 15 is 0 Å². The third-order valence-corrected chi connectivity index (χ3v) is 7.53. The molecule has 0 bridgehead atoms. The van der Waals surface area contributed by atoms with Crippen molar-refractivity contribution >= 4 is 18.0 Å². The van der Waals surface area contributed by atoms with Crippen LogP contribution in [0.15, 0.2) is 48.5 Å². The SMILES string of the molecule is CCOC1CC(NC(=O)OCC2c3ccccc3-c3ccccc32)(C(=O)N[C@@H](C)C(=O)O)C1(C)C. The number of rotatable bonds is 8. The number of hydrogen-bond acceptors (Lipinski definition) is 5. The molecule has 0 saturated heterocycles. The summed E-state index contributed by atoms with van der Waals surface area (Å²) in [7, 11) is 0. The number of ether oxygens (including phenoxy) is 2. The number of amides is 2. The van der Waals surface area contributed by atoms with Crippen molar-refractivity contribution < 1.29 is 29.0 Å². The number of carboxylic acids is 1. The van der Waals surface area contributed by atoms with Gasteiger partial charge in [0.05, 0.1) is 6.10 Å². The highest BCUT2D eigenvalue weighted by Gasteiger charge is 2.66. The van der Waals surface area contributed by atoms with E-state index in [1.54, 1.807) is 0 Å². The number of carbonyl (C=O) groups excluding carboxylic acids is 2. The number of benzene rings is 2. The van der Waals surface area contributed by atoms with Crippen molar-refractivity contribution in [3.8, 4) is 11.1 Å². The van der Waals surface area contributed by atoms with Crippen LogP contribution in [-0.4, -0.2) is 54.0 Å². The third kappa shape index (κ3) is 4.16. The van der Waals surface area contributed by atoms with Gasteiger partial charge in [0, 0.05) is 24.4 Å². The number of carboxylic acid groups (broad SMARTS) is 1. The Hall–Kier alpha value is -3.39. The van der Waals surface area contributed by atoms with Crippen LogP contribution in [0, 0.1) is 5.41 Å². The summed E-state index contributed by atoms with van der Waals surface area (Å²) in [6, 6.07) is 15.0. The van der Waals surface area contributed by atoms with Crippen molar-refractivity contribution in [3.63, 3.8) is 0 Å². The smallest absolute Gasteiger partial charge is 0.408 e. The van der Waals surface area contributed by atoms with Gasteiger partial charge < -0.3 is 25.2 Å². The number of carbonyl (C=O) groups is 3. The summed E-state index contributed by atoms with van der Waals surface area (Å²) in [6.45, 7) is 7.46. The molecule has 2 aromatic rings. The molecule has 0 aromatic heterocycles. The fourth-order valence-electron chi connectivity index (χ4n) is 5.25. The second kappa shape index (κ2) is 9.34. The number of fused-ring (bicyclic) bond motifs is 3. The first-order valence-electron chi connectivity index (χ1n) is 11.9. The van der Waals surface area contributed by atoms with Crippen LogP contribution in [0.5, 0.6) is 0 Å². The van der Waals surface area contributed by atoms with Crippen LogP contribution < -0.4 is 10.6 Å². The molecule has 8 nitrogen and oxygen atoms in total. The summed E-state index contributed by atoms with van der Waals surface area (Å²) < 4.78 is 11.4. The largest absolute Gasteiger partial charge is 0.480 e. The molecule has 3 atom stereocenters. The Morgan fingerprint density at radius 3 is 2.14 bits per heavy atom. The van der Waals surface area contributed by atoms with Gasteiger partial charge >= 0.3 is 12.1 Å². The Balaban J connectivity index is 1.51. The highest BCUT2D eigenvalue weighted by Crippen LogP contribution is 2.52. The molecule has 2 aromatic carbocycles. The van der Waals surface area contributed by atoms with E-state index in [1.165, 1.54) is 6.92 Å². The molecule has 2 unspecified atom stereocenters. The maximum absolute atomic E-state index is 13.3. The van der Waals surface area contributed by atoms with E-state index in [9.17, 15) is 19.5 Å². The van der Waals surface area contributed by atoms with Crippen molar-refractivity contribution in [2.75, 3.05) is 13.2 Å². The molecule has 35 heavy (non-hydrogen) atoms. The number of nitrogens with one attached hydrogen (secondary N) is 2. The first-order chi connectivity index (χ1) is 16.6. The van der Waals surface area contributed by atoms with E-state index in [4.69, 9.17) is 9.47 Å². The molecular weight excluding hydrogens is 448 g/mol. The highest BCUT2D eigenvalue weighted by molar-refractivity contribution is 5.95. The molecular formula is C27H32N2O6. The molecule has 0 heterocycles. The molecule has 0 radical (unpaired) electrons. The first kappa shape index (κ1) is 24.7. The van der Waals surface area contributed by atoms with E-state index in [0.29, 0.717) is 6.61 Å². The van der Waals surface area contributed by atoms with Gasteiger partial charge in [-0.3, -0.25) is 9.59 Å². The van der Waals surface area contributed by atoms with Crippen LogP contribution in [0.3, 0.4) is 0 Å². The molecule has 2 aliphatic carbocycles. The van der Waals surface area contributed by atoms with Crippen LogP contribution in [0.25, 0.3) is 11.1 Å². The van der Waals surface area contributed by atoms with Crippen LogP contribution >= 0.6 is 0 Å². The molecule has 186 valence electrons. The standard InChI is InChI=1S/C27H32N2O6/c1-5-34-22-14-27(26(22,3)4,24(32)28-16(2)23(30)31)29-25(33)35-15-21-19-12-8-6-10-17(19)18-11-7-9-13-20(18)21/h6-13,16,21-22H,5,14-15H2,1-4H3,(H,28,32)(H,29,33)(H,30,31)/t16-,22?,27?/m0/s1. The van der Waals surface area contributed by atoms with Crippen molar-refractivity contribution in [2.45, 2.75) is 57.7 Å². The quantitative estimate of drug-likeness (QED) is 0.531. The van der Waals surface area contributed by atoms with Crippen molar-refractivity contribution in [2.24, 2.45) is 5.41 Å². The average molecular weight is 481 g/mol. The molecule has 0 aliphatic heterocycles. The van der Waals surface area contributed by atoms with Gasteiger partial charge in [-0.2, -0.15) is 0 Å². The number of aliphatic carboxylic acids is 1. The summed E-state index contributed by atoms with van der Waals surface area (Å²) in [6.07, 6.45) is -0.781. The number of alkyl carbamates (subject to hydrolysis) is 1. The van der Waals surface area contributed by atoms with Crippen LogP contribution in [0.1, 0.15) is 51.2 Å². The van der Waals surface area contributed by atoms with Crippen molar-refractivity contribution in [3.05, 3.63) is 59.7 Å². The maximum Gasteiger partial charge on any atom is 0.408 e. The second-order valence-corrected chi connectivity index (χ2v) is 9.76. The normalized spacial score (nSPS) is 22.8. The van der Waals surface area contributed by atoms with Crippen LogP contribution in [-0.2, 0) is 19.1 Å². The molecule has 1 fully saturated rings. The summed E-state index contributed by atoms with van der Waals surface area (Å²) in [5.74, 6) is -1.84. The summed E-state index contributed by atoms with van der Waals surface area (Å²) in [5, 5.41) is 14.5. The molecule has 4 rings (SSSR count). The van der Waals surface area contributed by atoms with Gasteiger partial charge in [0.15, 0.2) is 0 Å². The van der Waals surface area contributed by atoms with Gasteiger partial charge in [0.2, 0.25) is 5.91 Å². The van der Waals surface area contributed by atoms with Crippen LogP contribution in [0.4, 0.5) is 4.79 Å². The average Bonchev–Trinajstić information content (AvgIpc) is 3.15. The second-order valence-electron chi connectivity index (χ2n) is 9.76. The fourth-order valence-corrected chi connectivity index (χ4v) is 5.25.